The number of carbonyl (C=O) groups is 1. The highest BCUT2D eigenvalue weighted by molar-refractivity contribution is 5.94. The van der Waals surface area contributed by atoms with Gasteiger partial charge in [0.2, 0.25) is 0 Å². The average Bonchev–Trinajstić information content (AvgIpc) is 2.44. The van der Waals surface area contributed by atoms with Crippen LogP contribution in [0.25, 0.3) is 0 Å². The first kappa shape index (κ1) is 16.5. The third-order valence-electron chi connectivity index (χ3n) is 2.90. The summed E-state index contributed by atoms with van der Waals surface area (Å²) in [4.78, 5) is 11.8. The first-order valence-corrected chi connectivity index (χ1v) is 6.79. The number of carbonyl (C=O) groups excluding carboxylic acids is 1. The zero-order valence-electron chi connectivity index (χ0n) is 12.1. The molecule has 1 amide bonds. The lowest BCUT2D eigenvalue weighted by Gasteiger charge is -2.07. The van der Waals surface area contributed by atoms with Gasteiger partial charge in [0, 0.05) is 25.8 Å². The second-order valence-electron chi connectivity index (χ2n) is 4.57. The summed E-state index contributed by atoms with van der Waals surface area (Å²) >= 11 is 0. The molecular weight excluding hydrogens is 258 g/mol. The van der Waals surface area contributed by atoms with Crippen molar-refractivity contribution in [3.8, 4) is 5.75 Å². The van der Waals surface area contributed by atoms with Crippen LogP contribution in [0.15, 0.2) is 18.2 Å². The van der Waals surface area contributed by atoms with Crippen LogP contribution in [-0.2, 0) is 9.47 Å². The van der Waals surface area contributed by atoms with E-state index in [0.717, 1.165) is 18.4 Å². The normalized spacial score (nSPS) is 10.5. The predicted octanol–water partition coefficient (Wildman–Crippen LogP) is 1.87. The number of nitrogens with one attached hydrogen (secondary N) is 1. The number of aromatic hydroxyl groups is 1. The van der Waals surface area contributed by atoms with E-state index in [1.54, 1.807) is 26.2 Å². The Morgan fingerprint density at radius 1 is 1.25 bits per heavy atom. The molecule has 2 N–H and O–H groups in total. The molecule has 1 aromatic rings. The van der Waals surface area contributed by atoms with Gasteiger partial charge in [0.15, 0.2) is 0 Å². The van der Waals surface area contributed by atoms with Crippen molar-refractivity contribution in [2.24, 2.45) is 0 Å². The van der Waals surface area contributed by atoms with E-state index in [9.17, 15) is 9.90 Å². The number of phenolic OH excluding ortho intramolecular Hbond substituents is 1. The van der Waals surface area contributed by atoms with Gasteiger partial charge in [0.05, 0.1) is 13.2 Å². The van der Waals surface area contributed by atoms with Crippen molar-refractivity contribution in [1.29, 1.82) is 0 Å². The zero-order chi connectivity index (χ0) is 14.8. The average molecular weight is 281 g/mol. The van der Waals surface area contributed by atoms with Crippen LogP contribution in [0.5, 0.6) is 5.75 Å². The predicted molar refractivity (Wildman–Crippen MR) is 77.1 cm³/mol. The molecule has 0 aliphatic carbocycles. The lowest BCUT2D eigenvalue weighted by molar-refractivity contribution is 0.0686. The molecule has 0 aliphatic rings. The molecule has 1 aromatic carbocycles. The van der Waals surface area contributed by atoms with E-state index in [0.29, 0.717) is 31.9 Å². The smallest absolute Gasteiger partial charge is 0.251 e. The molecule has 0 aliphatic heterocycles. The Hall–Kier alpha value is -1.59. The highest BCUT2D eigenvalue weighted by Crippen LogP contribution is 2.17. The number of unbranched alkanes of at least 4 members (excludes halogenated alkanes) is 1. The SMILES string of the molecule is COCCOCCCCNC(=O)c1ccc(C)c(O)c1. The fourth-order valence-corrected chi connectivity index (χ4v) is 1.63. The number of amides is 1. The summed E-state index contributed by atoms with van der Waals surface area (Å²) in [6.07, 6.45) is 1.75. The van der Waals surface area contributed by atoms with Gasteiger partial charge in [0.1, 0.15) is 5.75 Å². The molecule has 0 unspecified atom stereocenters. The molecule has 0 fully saturated rings. The molecule has 0 radical (unpaired) electrons. The molecule has 5 heteroatoms. The molecule has 1 rings (SSSR count). The molecule has 112 valence electrons. The van der Waals surface area contributed by atoms with Gasteiger partial charge in [-0.2, -0.15) is 0 Å². The van der Waals surface area contributed by atoms with Crippen molar-refractivity contribution >= 4 is 5.91 Å². The third-order valence-corrected chi connectivity index (χ3v) is 2.90. The number of hydrogen-bond acceptors (Lipinski definition) is 4. The van der Waals surface area contributed by atoms with E-state index in [-0.39, 0.29) is 11.7 Å². The van der Waals surface area contributed by atoms with Gasteiger partial charge in [-0.05, 0) is 37.5 Å². The maximum Gasteiger partial charge on any atom is 0.251 e. The van der Waals surface area contributed by atoms with Crippen molar-refractivity contribution in [2.75, 3.05) is 33.5 Å². The Labute approximate surface area is 119 Å². The molecule has 0 heterocycles. The second-order valence-corrected chi connectivity index (χ2v) is 4.57. The number of benzene rings is 1. The van der Waals surface area contributed by atoms with Crippen molar-refractivity contribution < 1.29 is 19.4 Å². The second kappa shape index (κ2) is 9.34. The zero-order valence-corrected chi connectivity index (χ0v) is 12.1. The quantitative estimate of drug-likeness (QED) is 0.678. The maximum absolute atomic E-state index is 11.8. The van der Waals surface area contributed by atoms with Gasteiger partial charge >= 0.3 is 0 Å². The summed E-state index contributed by atoms with van der Waals surface area (Å²) in [5, 5.41) is 12.4. The standard InChI is InChI=1S/C15H23NO4/c1-12-5-6-13(11-14(12)17)15(18)16-7-3-4-8-20-10-9-19-2/h5-6,11,17H,3-4,7-10H2,1-2H3,(H,16,18). The Balaban J connectivity index is 2.15. The minimum absolute atomic E-state index is 0.143. The van der Waals surface area contributed by atoms with E-state index in [4.69, 9.17) is 9.47 Å². The Morgan fingerprint density at radius 3 is 2.75 bits per heavy atom. The monoisotopic (exact) mass is 281 g/mol. The van der Waals surface area contributed by atoms with Gasteiger partial charge in [0.25, 0.3) is 5.91 Å². The summed E-state index contributed by atoms with van der Waals surface area (Å²) in [6.45, 7) is 4.27. The molecule has 0 spiro atoms. The lowest BCUT2D eigenvalue weighted by Crippen LogP contribution is -2.24. The van der Waals surface area contributed by atoms with E-state index < -0.39 is 0 Å². The van der Waals surface area contributed by atoms with E-state index in [1.807, 2.05) is 0 Å². The highest BCUT2D eigenvalue weighted by atomic mass is 16.5. The molecule has 20 heavy (non-hydrogen) atoms. The summed E-state index contributed by atoms with van der Waals surface area (Å²) in [5.74, 6) is -0.0233. The largest absolute Gasteiger partial charge is 0.508 e. The molecule has 0 saturated heterocycles. The number of phenols is 1. The van der Waals surface area contributed by atoms with E-state index >= 15 is 0 Å². The minimum Gasteiger partial charge on any atom is -0.508 e. The Bertz CT molecular complexity index is 420. The van der Waals surface area contributed by atoms with E-state index in [2.05, 4.69) is 5.32 Å². The van der Waals surface area contributed by atoms with Gasteiger partial charge < -0.3 is 19.9 Å². The van der Waals surface area contributed by atoms with Crippen molar-refractivity contribution in [2.45, 2.75) is 19.8 Å². The van der Waals surface area contributed by atoms with Crippen molar-refractivity contribution in [3.63, 3.8) is 0 Å². The molecule has 0 aromatic heterocycles. The van der Waals surface area contributed by atoms with Crippen LogP contribution >= 0.6 is 0 Å². The van der Waals surface area contributed by atoms with Crippen LogP contribution in [0, 0.1) is 6.92 Å². The summed E-state index contributed by atoms with van der Waals surface area (Å²) in [5.41, 5.74) is 1.24. The fraction of sp³-hybridized carbons (Fsp3) is 0.533. The lowest BCUT2D eigenvalue weighted by atomic mass is 10.1. The van der Waals surface area contributed by atoms with Gasteiger partial charge in [-0.1, -0.05) is 6.07 Å². The summed E-state index contributed by atoms with van der Waals surface area (Å²) in [7, 11) is 1.64. The molecule has 0 bridgehead atoms. The first-order valence-electron chi connectivity index (χ1n) is 6.79. The van der Waals surface area contributed by atoms with Crippen LogP contribution < -0.4 is 5.32 Å². The Kier molecular flexibility index (Phi) is 7.69. The third kappa shape index (κ3) is 6.04. The van der Waals surface area contributed by atoms with Crippen LogP contribution in [0.4, 0.5) is 0 Å². The molecule has 0 saturated carbocycles. The number of rotatable bonds is 9. The van der Waals surface area contributed by atoms with E-state index in [1.165, 1.54) is 6.07 Å². The van der Waals surface area contributed by atoms with Crippen LogP contribution in [0.2, 0.25) is 0 Å². The number of ether oxygens (including phenoxy) is 2. The van der Waals surface area contributed by atoms with Crippen LogP contribution in [0.3, 0.4) is 0 Å². The molecule has 5 nitrogen and oxygen atoms in total. The van der Waals surface area contributed by atoms with Crippen LogP contribution in [-0.4, -0.2) is 44.5 Å². The first-order chi connectivity index (χ1) is 9.65. The maximum atomic E-state index is 11.8. The number of methoxy groups -OCH3 is 1. The molecular formula is C15H23NO4. The van der Waals surface area contributed by atoms with Crippen molar-refractivity contribution in [1.82, 2.24) is 5.32 Å². The van der Waals surface area contributed by atoms with Gasteiger partial charge in [-0.3, -0.25) is 4.79 Å². The van der Waals surface area contributed by atoms with Crippen LogP contribution in [0.1, 0.15) is 28.8 Å². The fourth-order valence-electron chi connectivity index (χ4n) is 1.63. The molecule has 0 atom stereocenters. The summed E-state index contributed by atoms with van der Waals surface area (Å²) < 4.78 is 10.2. The van der Waals surface area contributed by atoms with Gasteiger partial charge in [-0.25, -0.2) is 0 Å². The minimum atomic E-state index is -0.166. The van der Waals surface area contributed by atoms with Crippen molar-refractivity contribution in [3.05, 3.63) is 29.3 Å². The Morgan fingerprint density at radius 2 is 2.05 bits per heavy atom. The number of aryl methyl sites for hydroxylation is 1. The topological polar surface area (TPSA) is 67.8 Å². The summed E-state index contributed by atoms with van der Waals surface area (Å²) in [6, 6.07) is 4.92. The number of hydrogen-bond donors (Lipinski definition) is 2. The highest BCUT2D eigenvalue weighted by Gasteiger charge is 2.06. The van der Waals surface area contributed by atoms with Gasteiger partial charge in [-0.15, -0.1) is 0 Å².